The van der Waals surface area contributed by atoms with Gasteiger partial charge in [-0.1, -0.05) is 23.9 Å². The summed E-state index contributed by atoms with van der Waals surface area (Å²) in [6.07, 6.45) is 0. The van der Waals surface area contributed by atoms with Crippen molar-refractivity contribution >= 4 is 33.6 Å². The third-order valence-corrected chi connectivity index (χ3v) is 5.07. The lowest BCUT2D eigenvalue weighted by Crippen LogP contribution is -2.44. The molecule has 1 saturated heterocycles. The molecule has 1 fully saturated rings. The molecule has 2 heterocycles. The first kappa shape index (κ1) is 16.5. The summed E-state index contributed by atoms with van der Waals surface area (Å²) < 4.78 is 11.8. The summed E-state index contributed by atoms with van der Waals surface area (Å²) in [7, 11) is 0. The van der Waals surface area contributed by atoms with Crippen LogP contribution in [0.3, 0.4) is 0 Å². The zero-order valence-corrected chi connectivity index (χ0v) is 15.0. The van der Waals surface area contributed by atoms with E-state index < -0.39 is 0 Å². The summed E-state index contributed by atoms with van der Waals surface area (Å²) in [5, 5.41) is 8.21. The van der Waals surface area contributed by atoms with Crippen molar-refractivity contribution in [2.75, 3.05) is 26.3 Å². The standard InChI is InChI=1S/C15H16BrN3O3S/c1-10(14(20)19-6-8-21-9-7-19)23-15-18-17-13(22-15)11-4-2-3-5-12(11)16/h2-5,10H,6-9H2,1H3/t10-/m1/s1. The van der Waals surface area contributed by atoms with Crippen LogP contribution in [0.5, 0.6) is 0 Å². The van der Waals surface area contributed by atoms with Crippen LogP contribution in [0.4, 0.5) is 0 Å². The Hall–Kier alpha value is -1.38. The molecule has 8 heteroatoms. The topological polar surface area (TPSA) is 68.5 Å². The van der Waals surface area contributed by atoms with Crippen molar-refractivity contribution in [3.63, 3.8) is 0 Å². The molecule has 1 amide bonds. The Balaban J connectivity index is 1.66. The number of halogens is 1. The Bertz CT molecular complexity index is 688. The van der Waals surface area contributed by atoms with E-state index in [1.807, 2.05) is 36.1 Å². The first-order chi connectivity index (χ1) is 11.1. The van der Waals surface area contributed by atoms with Crippen molar-refractivity contribution in [1.82, 2.24) is 15.1 Å². The van der Waals surface area contributed by atoms with Gasteiger partial charge in [0.25, 0.3) is 5.22 Å². The Morgan fingerprint density at radius 3 is 2.78 bits per heavy atom. The molecular formula is C15H16BrN3O3S. The molecule has 23 heavy (non-hydrogen) atoms. The lowest BCUT2D eigenvalue weighted by Gasteiger charge is -2.28. The van der Waals surface area contributed by atoms with E-state index in [2.05, 4.69) is 26.1 Å². The molecule has 1 aliphatic heterocycles. The number of carbonyl (C=O) groups excluding carboxylic acids is 1. The van der Waals surface area contributed by atoms with Crippen LogP contribution in [0.25, 0.3) is 11.5 Å². The third-order valence-electron chi connectivity index (χ3n) is 3.46. The minimum atomic E-state index is -0.277. The molecule has 1 aromatic heterocycles. The monoisotopic (exact) mass is 397 g/mol. The Labute approximate surface area is 146 Å². The number of hydrogen-bond donors (Lipinski definition) is 0. The van der Waals surface area contributed by atoms with Crippen molar-refractivity contribution < 1.29 is 13.9 Å². The third kappa shape index (κ3) is 3.94. The maximum absolute atomic E-state index is 12.4. The van der Waals surface area contributed by atoms with Gasteiger partial charge in [-0.25, -0.2) is 0 Å². The zero-order valence-electron chi connectivity index (χ0n) is 12.6. The van der Waals surface area contributed by atoms with Crippen molar-refractivity contribution in [2.45, 2.75) is 17.4 Å². The van der Waals surface area contributed by atoms with Crippen LogP contribution in [0.15, 0.2) is 38.4 Å². The molecule has 0 unspecified atom stereocenters. The van der Waals surface area contributed by atoms with E-state index in [-0.39, 0.29) is 11.2 Å². The second-order valence-corrected chi connectivity index (χ2v) is 7.20. The van der Waals surface area contributed by atoms with Gasteiger partial charge in [-0.15, -0.1) is 10.2 Å². The molecule has 0 N–H and O–H groups in total. The Morgan fingerprint density at radius 1 is 1.30 bits per heavy atom. The number of nitrogens with zero attached hydrogens (tertiary/aromatic N) is 3. The lowest BCUT2D eigenvalue weighted by atomic mass is 10.2. The fourth-order valence-electron chi connectivity index (χ4n) is 2.24. The van der Waals surface area contributed by atoms with Gasteiger partial charge >= 0.3 is 0 Å². The Morgan fingerprint density at radius 2 is 2.04 bits per heavy atom. The van der Waals surface area contributed by atoms with E-state index in [0.29, 0.717) is 37.4 Å². The smallest absolute Gasteiger partial charge is 0.277 e. The van der Waals surface area contributed by atoms with Gasteiger partial charge < -0.3 is 14.1 Å². The molecule has 1 aliphatic rings. The second-order valence-electron chi connectivity index (χ2n) is 5.05. The van der Waals surface area contributed by atoms with E-state index >= 15 is 0 Å². The number of amides is 1. The number of thioether (sulfide) groups is 1. The highest BCUT2D eigenvalue weighted by Gasteiger charge is 2.25. The first-order valence-electron chi connectivity index (χ1n) is 7.27. The van der Waals surface area contributed by atoms with Crippen LogP contribution in [0.1, 0.15) is 6.92 Å². The fraction of sp³-hybridized carbons (Fsp3) is 0.400. The number of morpholine rings is 1. The van der Waals surface area contributed by atoms with Crippen molar-refractivity contribution in [2.24, 2.45) is 0 Å². The van der Waals surface area contributed by atoms with Crippen LogP contribution in [-0.4, -0.2) is 52.6 Å². The SMILES string of the molecule is C[C@@H](Sc1nnc(-c2ccccc2Br)o1)C(=O)N1CCOCC1. The van der Waals surface area contributed by atoms with E-state index in [4.69, 9.17) is 9.15 Å². The van der Waals surface area contributed by atoms with Crippen LogP contribution in [0, 0.1) is 0 Å². The van der Waals surface area contributed by atoms with Crippen LogP contribution in [0.2, 0.25) is 0 Å². The van der Waals surface area contributed by atoms with Crippen LogP contribution in [-0.2, 0) is 9.53 Å². The highest BCUT2D eigenvalue weighted by molar-refractivity contribution is 9.10. The normalized spacial score (nSPS) is 16.3. The summed E-state index contributed by atoms with van der Waals surface area (Å²) in [6.45, 7) is 4.31. The van der Waals surface area contributed by atoms with E-state index in [1.165, 1.54) is 11.8 Å². The zero-order chi connectivity index (χ0) is 16.2. The maximum Gasteiger partial charge on any atom is 0.277 e. The van der Waals surface area contributed by atoms with Crippen LogP contribution >= 0.6 is 27.7 Å². The predicted octanol–water partition coefficient (Wildman–Crippen LogP) is 2.84. The van der Waals surface area contributed by atoms with E-state index in [0.717, 1.165) is 10.0 Å². The Kier molecular flexibility index (Phi) is 5.34. The molecule has 0 spiro atoms. The summed E-state index contributed by atoms with van der Waals surface area (Å²) in [5.74, 6) is 0.505. The van der Waals surface area contributed by atoms with Crippen molar-refractivity contribution in [1.29, 1.82) is 0 Å². The second kappa shape index (κ2) is 7.46. The highest BCUT2D eigenvalue weighted by Crippen LogP contribution is 2.30. The predicted molar refractivity (Wildman–Crippen MR) is 90.2 cm³/mol. The fourth-order valence-corrected chi connectivity index (χ4v) is 3.47. The van der Waals surface area contributed by atoms with Gasteiger partial charge in [0.1, 0.15) is 0 Å². The number of rotatable bonds is 4. The largest absolute Gasteiger partial charge is 0.411 e. The molecule has 1 atom stereocenters. The van der Waals surface area contributed by atoms with E-state index in [1.54, 1.807) is 0 Å². The number of carbonyl (C=O) groups is 1. The summed E-state index contributed by atoms with van der Waals surface area (Å²) >= 11 is 4.74. The van der Waals surface area contributed by atoms with Gasteiger partial charge in [-0.3, -0.25) is 4.79 Å². The average molecular weight is 398 g/mol. The molecule has 3 rings (SSSR count). The van der Waals surface area contributed by atoms with Crippen molar-refractivity contribution in [3.05, 3.63) is 28.7 Å². The molecule has 0 saturated carbocycles. The van der Waals surface area contributed by atoms with Crippen molar-refractivity contribution in [3.8, 4) is 11.5 Å². The molecule has 6 nitrogen and oxygen atoms in total. The van der Waals surface area contributed by atoms with Gasteiger partial charge in [0.15, 0.2) is 0 Å². The first-order valence-corrected chi connectivity index (χ1v) is 8.94. The minimum Gasteiger partial charge on any atom is -0.411 e. The summed E-state index contributed by atoms with van der Waals surface area (Å²) in [5.41, 5.74) is 0.832. The minimum absolute atomic E-state index is 0.0685. The quantitative estimate of drug-likeness (QED) is 0.738. The van der Waals surface area contributed by atoms with Gasteiger partial charge in [-0.05, 0) is 35.0 Å². The van der Waals surface area contributed by atoms with Gasteiger partial charge in [-0.2, -0.15) is 0 Å². The van der Waals surface area contributed by atoms with E-state index in [9.17, 15) is 4.79 Å². The van der Waals surface area contributed by atoms with Crippen LogP contribution < -0.4 is 0 Å². The molecule has 0 aliphatic carbocycles. The molecular weight excluding hydrogens is 382 g/mol. The maximum atomic E-state index is 12.4. The molecule has 122 valence electrons. The number of benzene rings is 1. The highest BCUT2D eigenvalue weighted by atomic mass is 79.9. The average Bonchev–Trinajstić information content (AvgIpc) is 3.03. The molecule has 0 bridgehead atoms. The lowest BCUT2D eigenvalue weighted by molar-refractivity contribution is -0.134. The summed E-state index contributed by atoms with van der Waals surface area (Å²) in [6, 6.07) is 7.63. The molecule has 1 aromatic carbocycles. The summed E-state index contributed by atoms with van der Waals surface area (Å²) in [4.78, 5) is 14.2. The molecule has 0 radical (unpaired) electrons. The molecule has 2 aromatic rings. The number of aromatic nitrogens is 2. The van der Waals surface area contributed by atoms with Gasteiger partial charge in [0, 0.05) is 17.6 Å². The number of hydrogen-bond acceptors (Lipinski definition) is 6. The van der Waals surface area contributed by atoms with Gasteiger partial charge in [0.05, 0.1) is 24.0 Å². The van der Waals surface area contributed by atoms with Gasteiger partial charge in [0.2, 0.25) is 11.8 Å². The number of ether oxygens (including phenoxy) is 1.